The van der Waals surface area contributed by atoms with Gasteiger partial charge in [0.1, 0.15) is 0 Å². The quantitative estimate of drug-likeness (QED) is 0.726. The molecule has 5 heteroatoms. The van der Waals surface area contributed by atoms with Gasteiger partial charge in [0.25, 0.3) is 0 Å². The molecule has 17 heavy (non-hydrogen) atoms. The van der Waals surface area contributed by atoms with E-state index >= 15 is 0 Å². The molecule has 1 aliphatic rings. The van der Waals surface area contributed by atoms with E-state index in [-0.39, 0.29) is 24.4 Å². The van der Waals surface area contributed by atoms with Crippen molar-refractivity contribution in [3.05, 3.63) is 0 Å². The third-order valence-corrected chi connectivity index (χ3v) is 2.78. The highest BCUT2D eigenvalue weighted by molar-refractivity contribution is 5.87. The second-order valence-corrected chi connectivity index (χ2v) is 4.99. The average molecular weight is 241 g/mol. The Kier molecular flexibility index (Phi) is 5.41. The first-order chi connectivity index (χ1) is 8.00. The molecule has 0 bridgehead atoms. The maximum atomic E-state index is 11.9. The fourth-order valence-corrected chi connectivity index (χ4v) is 1.76. The molecule has 0 radical (unpaired) electrons. The molecular weight excluding hydrogens is 218 g/mol. The van der Waals surface area contributed by atoms with Gasteiger partial charge in [0.05, 0.1) is 12.6 Å². The van der Waals surface area contributed by atoms with Crippen LogP contribution < -0.4 is 10.6 Å². The highest BCUT2D eigenvalue weighted by Gasteiger charge is 2.24. The van der Waals surface area contributed by atoms with Crippen LogP contribution in [0.5, 0.6) is 0 Å². The van der Waals surface area contributed by atoms with Crippen LogP contribution in [0, 0.1) is 5.92 Å². The molecule has 2 amide bonds. The van der Waals surface area contributed by atoms with Crippen LogP contribution in [0.15, 0.2) is 0 Å². The number of hydrogen-bond acceptors (Lipinski definition) is 3. The van der Waals surface area contributed by atoms with Gasteiger partial charge in [-0.15, -0.1) is 0 Å². The van der Waals surface area contributed by atoms with Crippen molar-refractivity contribution in [1.82, 2.24) is 15.5 Å². The van der Waals surface area contributed by atoms with Crippen molar-refractivity contribution in [2.75, 3.05) is 26.2 Å². The number of hydrogen-bond donors (Lipinski definition) is 2. The summed E-state index contributed by atoms with van der Waals surface area (Å²) in [5.41, 5.74) is 0. The smallest absolute Gasteiger partial charge is 0.239 e. The van der Waals surface area contributed by atoms with Gasteiger partial charge in [-0.3, -0.25) is 9.59 Å². The minimum Gasteiger partial charge on any atom is -0.354 e. The van der Waals surface area contributed by atoms with Crippen LogP contribution in [-0.4, -0.2) is 48.9 Å². The topological polar surface area (TPSA) is 61.4 Å². The number of carbonyl (C=O) groups excluding carboxylic acids is 2. The summed E-state index contributed by atoms with van der Waals surface area (Å²) in [6, 6.07) is -0.185. The highest BCUT2D eigenvalue weighted by atomic mass is 16.2. The third-order valence-electron chi connectivity index (χ3n) is 2.78. The van der Waals surface area contributed by atoms with E-state index in [1.807, 2.05) is 20.8 Å². The van der Waals surface area contributed by atoms with Crippen LogP contribution in [0.3, 0.4) is 0 Å². The summed E-state index contributed by atoms with van der Waals surface area (Å²) in [6.07, 6.45) is 0.896. The molecule has 0 spiro atoms. The molecule has 1 rings (SSSR count). The van der Waals surface area contributed by atoms with E-state index in [2.05, 4.69) is 10.6 Å². The van der Waals surface area contributed by atoms with Crippen LogP contribution in [0.2, 0.25) is 0 Å². The summed E-state index contributed by atoms with van der Waals surface area (Å²) in [4.78, 5) is 25.2. The van der Waals surface area contributed by atoms with Crippen molar-refractivity contribution >= 4 is 11.8 Å². The Hall–Kier alpha value is -1.10. The fraction of sp³-hybridized carbons (Fsp3) is 0.833. The van der Waals surface area contributed by atoms with Gasteiger partial charge in [-0.1, -0.05) is 13.8 Å². The summed E-state index contributed by atoms with van der Waals surface area (Å²) < 4.78 is 0. The molecule has 1 aliphatic heterocycles. The Bertz CT molecular complexity index is 279. The maximum absolute atomic E-state index is 11.9. The second-order valence-electron chi connectivity index (χ2n) is 4.99. The largest absolute Gasteiger partial charge is 0.354 e. The zero-order valence-electron chi connectivity index (χ0n) is 11.0. The van der Waals surface area contributed by atoms with Crippen molar-refractivity contribution in [1.29, 1.82) is 0 Å². The van der Waals surface area contributed by atoms with Crippen LogP contribution in [0.25, 0.3) is 0 Å². The summed E-state index contributed by atoms with van der Waals surface area (Å²) in [5, 5.41) is 5.96. The van der Waals surface area contributed by atoms with Crippen molar-refractivity contribution in [2.24, 2.45) is 5.92 Å². The van der Waals surface area contributed by atoms with E-state index in [1.54, 1.807) is 4.90 Å². The number of carbonyl (C=O) groups is 2. The van der Waals surface area contributed by atoms with E-state index in [0.29, 0.717) is 19.0 Å². The Morgan fingerprint density at radius 1 is 1.59 bits per heavy atom. The van der Waals surface area contributed by atoms with Gasteiger partial charge in [0, 0.05) is 13.1 Å². The van der Waals surface area contributed by atoms with E-state index in [4.69, 9.17) is 0 Å². The van der Waals surface area contributed by atoms with Gasteiger partial charge >= 0.3 is 0 Å². The zero-order valence-corrected chi connectivity index (χ0v) is 11.0. The monoisotopic (exact) mass is 241 g/mol. The van der Waals surface area contributed by atoms with Crippen LogP contribution >= 0.6 is 0 Å². The predicted octanol–water partition coefficient (Wildman–Crippen LogP) is -0.0310. The predicted molar refractivity (Wildman–Crippen MR) is 66.5 cm³/mol. The molecular formula is C12H23N3O2. The van der Waals surface area contributed by atoms with Gasteiger partial charge in [-0.2, -0.15) is 0 Å². The van der Waals surface area contributed by atoms with Crippen LogP contribution in [0.4, 0.5) is 0 Å². The Labute approximate surface area is 103 Å². The molecule has 1 unspecified atom stereocenters. The van der Waals surface area contributed by atoms with Gasteiger partial charge in [-0.25, -0.2) is 0 Å². The minimum absolute atomic E-state index is 0.0159. The van der Waals surface area contributed by atoms with Crippen LogP contribution in [-0.2, 0) is 9.59 Å². The molecule has 1 heterocycles. The molecule has 2 N–H and O–H groups in total. The first-order valence-corrected chi connectivity index (χ1v) is 6.29. The van der Waals surface area contributed by atoms with Crippen molar-refractivity contribution in [3.8, 4) is 0 Å². The molecule has 0 aromatic heterocycles. The van der Waals surface area contributed by atoms with Crippen LogP contribution in [0.1, 0.15) is 27.2 Å². The summed E-state index contributed by atoms with van der Waals surface area (Å²) in [6.45, 7) is 8.26. The molecule has 0 aliphatic carbocycles. The van der Waals surface area contributed by atoms with E-state index in [0.717, 1.165) is 13.0 Å². The van der Waals surface area contributed by atoms with E-state index in [1.165, 1.54) is 0 Å². The molecule has 1 fully saturated rings. The van der Waals surface area contributed by atoms with E-state index in [9.17, 15) is 9.59 Å². The summed E-state index contributed by atoms with van der Waals surface area (Å²) in [7, 11) is 0. The van der Waals surface area contributed by atoms with Crippen molar-refractivity contribution < 1.29 is 9.59 Å². The molecule has 0 aromatic rings. The molecule has 0 saturated carbocycles. The first kappa shape index (κ1) is 14.0. The van der Waals surface area contributed by atoms with Crippen molar-refractivity contribution in [3.63, 3.8) is 0 Å². The second kappa shape index (κ2) is 6.59. The molecule has 5 nitrogen and oxygen atoms in total. The lowest BCUT2D eigenvalue weighted by atomic mass is 10.2. The lowest BCUT2D eigenvalue weighted by Gasteiger charge is -2.22. The number of nitrogens with zero attached hydrogens (tertiary/aromatic N) is 1. The summed E-state index contributed by atoms with van der Waals surface area (Å²) in [5.74, 6) is 0.378. The number of rotatable bonds is 4. The standard InChI is InChI=1S/C12H23N3O2/c1-9(2)7-14-11(16)8-15-6-4-5-13-10(3)12(15)17/h9-10,13H,4-8H2,1-3H3,(H,14,16). The molecule has 98 valence electrons. The van der Waals surface area contributed by atoms with Gasteiger partial charge < -0.3 is 15.5 Å². The highest BCUT2D eigenvalue weighted by Crippen LogP contribution is 2.02. The molecule has 1 saturated heterocycles. The Morgan fingerprint density at radius 3 is 2.94 bits per heavy atom. The molecule has 1 atom stereocenters. The lowest BCUT2D eigenvalue weighted by Crippen LogP contribution is -2.46. The van der Waals surface area contributed by atoms with Gasteiger partial charge in [0.2, 0.25) is 11.8 Å². The fourth-order valence-electron chi connectivity index (χ4n) is 1.76. The van der Waals surface area contributed by atoms with E-state index < -0.39 is 0 Å². The third kappa shape index (κ3) is 4.73. The normalized spacial score (nSPS) is 21.5. The van der Waals surface area contributed by atoms with Gasteiger partial charge in [-0.05, 0) is 25.8 Å². The zero-order chi connectivity index (χ0) is 12.8. The SMILES string of the molecule is CC(C)CNC(=O)CN1CCCNC(C)C1=O. The first-order valence-electron chi connectivity index (χ1n) is 6.29. The summed E-state index contributed by atoms with van der Waals surface area (Å²) >= 11 is 0. The lowest BCUT2D eigenvalue weighted by molar-refractivity contribution is -0.136. The number of amides is 2. The van der Waals surface area contributed by atoms with Gasteiger partial charge in [0.15, 0.2) is 0 Å². The Balaban J connectivity index is 2.42. The van der Waals surface area contributed by atoms with Crippen molar-refractivity contribution in [2.45, 2.75) is 33.2 Å². The average Bonchev–Trinajstić information content (AvgIpc) is 2.42. The molecule has 0 aromatic carbocycles. The Morgan fingerprint density at radius 2 is 2.29 bits per heavy atom. The maximum Gasteiger partial charge on any atom is 0.239 e. The minimum atomic E-state index is -0.185. The number of nitrogens with one attached hydrogen (secondary N) is 2.